The lowest BCUT2D eigenvalue weighted by Gasteiger charge is -2.52. The van der Waals surface area contributed by atoms with Crippen molar-refractivity contribution >= 4 is 5.91 Å². The number of fused-ring (bicyclic) bond motifs is 1. The third-order valence-corrected chi connectivity index (χ3v) is 6.11. The zero-order valence-electron chi connectivity index (χ0n) is 15.1. The molecule has 5 heteroatoms. The monoisotopic (exact) mass is 371 g/mol. The highest BCUT2D eigenvalue weighted by Gasteiger charge is 2.50. The van der Waals surface area contributed by atoms with Crippen molar-refractivity contribution in [2.75, 3.05) is 6.54 Å². The SMILES string of the molecule is O=C(c1cccc(F)c1)N1CC[C@@]2(O)CCCC[C@H]2[C@H]1c1ccc(F)cc1. The standard InChI is InChI=1S/C22H23F2NO2/c23-17-9-7-15(8-10-17)20-19-6-1-2-11-22(19,27)12-13-25(20)21(26)16-4-3-5-18(24)14-16/h3-5,7-10,14,19-20,27H,1-2,6,11-13H2/t19-,20+,22-/m0/s1. The minimum Gasteiger partial charge on any atom is -0.389 e. The van der Waals surface area contributed by atoms with Gasteiger partial charge in [0.05, 0.1) is 11.6 Å². The van der Waals surface area contributed by atoms with Crippen LogP contribution in [-0.4, -0.2) is 28.1 Å². The van der Waals surface area contributed by atoms with Crippen molar-refractivity contribution in [3.8, 4) is 0 Å². The highest BCUT2D eigenvalue weighted by Crippen LogP contribution is 2.49. The number of hydrogen-bond acceptors (Lipinski definition) is 2. The van der Waals surface area contributed by atoms with Crippen molar-refractivity contribution in [2.45, 2.75) is 43.7 Å². The fourth-order valence-electron chi connectivity index (χ4n) is 4.77. The quantitative estimate of drug-likeness (QED) is 0.846. The molecule has 142 valence electrons. The number of halogens is 2. The normalized spacial score (nSPS) is 27.9. The molecule has 2 fully saturated rings. The van der Waals surface area contributed by atoms with E-state index in [9.17, 15) is 18.7 Å². The van der Waals surface area contributed by atoms with Gasteiger partial charge in [-0.1, -0.05) is 31.0 Å². The second-order valence-corrected chi connectivity index (χ2v) is 7.71. The first kappa shape index (κ1) is 18.1. The summed E-state index contributed by atoms with van der Waals surface area (Å²) in [5.41, 5.74) is 0.297. The van der Waals surface area contributed by atoms with E-state index in [1.807, 2.05) is 0 Å². The van der Waals surface area contributed by atoms with E-state index < -0.39 is 11.4 Å². The summed E-state index contributed by atoms with van der Waals surface area (Å²) in [5.74, 6) is -1.15. The van der Waals surface area contributed by atoms with E-state index >= 15 is 0 Å². The number of carbonyl (C=O) groups is 1. The van der Waals surface area contributed by atoms with Gasteiger partial charge in [-0.05, 0) is 55.2 Å². The van der Waals surface area contributed by atoms with Crippen molar-refractivity contribution < 1.29 is 18.7 Å². The highest BCUT2D eigenvalue weighted by molar-refractivity contribution is 5.94. The van der Waals surface area contributed by atoms with Crippen LogP contribution in [0, 0.1) is 17.6 Å². The molecule has 0 spiro atoms. The number of piperidine rings is 1. The first-order chi connectivity index (χ1) is 13.0. The molecule has 0 radical (unpaired) electrons. The Kier molecular flexibility index (Phi) is 4.72. The second-order valence-electron chi connectivity index (χ2n) is 7.71. The van der Waals surface area contributed by atoms with Gasteiger partial charge in [0.25, 0.3) is 5.91 Å². The molecule has 1 aliphatic carbocycles. The van der Waals surface area contributed by atoms with Gasteiger partial charge in [-0.25, -0.2) is 8.78 Å². The molecule has 1 heterocycles. The Morgan fingerprint density at radius 2 is 1.81 bits per heavy atom. The molecule has 1 saturated carbocycles. The first-order valence-corrected chi connectivity index (χ1v) is 9.52. The summed E-state index contributed by atoms with van der Waals surface area (Å²) in [6.07, 6.45) is 4.01. The van der Waals surface area contributed by atoms with E-state index in [2.05, 4.69) is 0 Å². The fourth-order valence-corrected chi connectivity index (χ4v) is 4.77. The summed E-state index contributed by atoms with van der Waals surface area (Å²) < 4.78 is 27.1. The van der Waals surface area contributed by atoms with Gasteiger partial charge in [-0.3, -0.25) is 4.79 Å². The van der Waals surface area contributed by atoms with Gasteiger partial charge < -0.3 is 10.0 Å². The minimum absolute atomic E-state index is 0.108. The summed E-state index contributed by atoms with van der Waals surface area (Å²) in [4.78, 5) is 14.9. The maximum absolute atomic E-state index is 13.6. The van der Waals surface area contributed by atoms with Gasteiger partial charge >= 0.3 is 0 Å². The molecular formula is C22H23F2NO2. The molecule has 3 nitrogen and oxygen atoms in total. The number of aliphatic hydroxyl groups is 1. The third-order valence-electron chi connectivity index (χ3n) is 6.11. The van der Waals surface area contributed by atoms with E-state index in [-0.39, 0.29) is 23.7 Å². The van der Waals surface area contributed by atoms with Crippen LogP contribution in [0.1, 0.15) is 54.1 Å². The molecule has 2 aromatic carbocycles. The number of nitrogens with zero attached hydrogens (tertiary/aromatic N) is 1. The summed E-state index contributed by atoms with van der Waals surface area (Å²) in [6, 6.07) is 11.5. The van der Waals surface area contributed by atoms with E-state index in [1.165, 1.54) is 30.3 Å². The number of amides is 1. The predicted molar refractivity (Wildman–Crippen MR) is 98.1 cm³/mol. The first-order valence-electron chi connectivity index (χ1n) is 9.52. The van der Waals surface area contributed by atoms with E-state index in [0.29, 0.717) is 18.5 Å². The van der Waals surface area contributed by atoms with Crippen LogP contribution >= 0.6 is 0 Å². The molecule has 1 amide bonds. The van der Waals surface area contributed by atoms with Gasteiger partial charge in [-0.2, -0.15) is 0 Å². The minimum atomic E-state index is -0.810. The highest BCUT2D eigenvalue weighted by atomic mass is 19.1. The average Bonchev–Trinajstić information content (AvgIpc) is 2.67. The third kappa shape index (κ3) is 3.36. The largest absolute Gasteiger partial charge is 0.389 e. The molecule has 3 atom stereocenters. The van der Waals surface area contributed by atoms with Crippen molar-refractivity contribution in [2.24, 2.45) is 5.92 Å². The molecule has 2 aliphatic rings. The lowest BCUT2D eigenvalue weighted by atomic mass is 9.66. The zero-order valence-corrected chi connectivity index (χ0v) is 15.1. The molecule has 1 aliphatic heterocycles. The van der Waals surface area contributed by atoms with Gasteiger partial charge in [0.15, 0.2) is 0 Å². The summed E-state index contributed by atoms with van der Waals surface area (Å²) in [6.45, 7) is 0.393. The summed E-state index contributed by atoms with van der Waals surface area (Å²) in [7, 11) is 0. The topological polar surface area (TPSA) is 40.5 Å². The molecule has 27 heavy (non-hydrogen) atoms. The smallest absolute Gasteiger partial charge is 0.254 e. The number of benzene rings is 2. The van der Waals surface area contributed by atoms with Crippen molar-refractivity contribution in [1.29, 1.82) is 0 Å². The van der Waals surface area contributed by atoms with Gasteiger partial charge in [0.2, 0.25) is 0 Å². The molecule has 0 unspecified atom stereocenters. The maximum atomic E-state index is 13.6. The molecule has 0 bridgehead atoms. The van der Waals surface area contributed by atoms with Crippen LogP contribution in [0.25, 0.3) is 0 Å². The number of likely N-dealkylation sites (tertiary alicyclic amines) is 1. The molecule has 2 aromatic rings. The van der Waals surface area contributed by atoms with Crippen LogP contribution in [0.4, 0.5) is 8.78 Å². The summed E-state index contributed by atoms with van der Waals surface area (Å²) >= 11 is 0. The Balaban J connectivity index is 1.75. The average molecular weight is 371 g/mol. The molecule has 4 rings (SSSR count). The molecule has 1 saturated heterocycles. The molecule has 1 N–H and O–H groups in total. The van der Waals surface area contributed by atoms with Crippen molar-refractivity contribution in [3.05, 3.63) is 71.3 Å². The fraction of sp³-hybridized carbons (Fsp3) is 0.409. The van der Waals surface area contributed by atoms with Crippen LogP contribution in [0.5, 0.6) is 0 Å². The summed E-state index contributed by atoms with van der Waals surface area (Å²) in [5, 5.41) is 11.2. The number of rotatable bonds is 2. The van der Waals surface area contributed by atoms with Crippen LogP contribution in [0.15, 0.2) is 48.5 Å². The van der Waals surface area contributed by atoms with Crippen LogP contribution in [0.2, 0.25) is 0 Å². The zero-order chi connectivity index (χ0) is 19.0. The number of hydrogen-bond donors (Lipinski definition) is 1. The Morgan fingerprint density at radius 1 is 1.04 bits per heavy atom. The van der Waals surface area contributed by atoms with Crippen molar-refractivity contribution in [1.82, 2.24) is 4.90 Å². The van der Waals surface area contributed by atoms with Gasteiger partial charge in [0.1, 0.15) is 11.6 Å². The van der Waals surface area contributed by atoms with Gasteiger partial charge in [0, 0.05) is 18.0 Å². The Labute approximate surface area is 157 Å². The number of carbonyl (C=O) groups excluding carboxylic acids is 1. The van der Waals surface area contributed by atoms with E-state index in [1.54, 1.807) is 23.1 Å². The van der Waals surface area contributed by atoms with E-state index in [4.69, 9.17) is 0 Å². The van der Waals surface area contributed by atoms with Crippen molar-refractivity contribution in [3.63, 3.8) is 0 Å². The maximum Gasteiger partial charge on any atom is 0.254 e. The lowest BCUT2D eigenvalue weighted by Crippen LogP contribution is -2.56. The second kappa shape index (κ2) is 7.04. The van der Waals surface area contributed by atoms with Crippen LogP contribution < -0.4 is 0 Å². The molecule has 0 aromatic heterocycles. The Bertz CT molecular complexity index is 838. The van der Waals surface area contributed by atoms with Crippen LogP contribution in [-0.2, 0) is 0 Å². The molecular weight excluding hydrogens is 348 g/mol. The lowest BCUT2D eigenvalue weighted by molar-refractivity contribution is -0.115. The predicted octanol–water partition coefficient (Wildman–Crippen LogP) is 4.47. The van der Waals surface area contributed by atoms with Gasteiger partial charge in [-0.15, -0.1) is 0 Å². The Morgan fingerprint density at radius 3 is 2.56 bits per heavy atom. The van der Waals surface area contributed by atoms with Crippen LogP contribution in [0.3, 0.4) is 0 Å². The van der Waals surface area contributed by atoms with E-state index in [0.717, 1.165) is 31.2 Å². The Hall–Kier alpha value is -2.27.